The van der Waals surface area contributed by atoms with Gasteiger partial charge in [0.05, 0.1) is 12.4 Å². The number of nitrogens with zero attached hydrogens (tertiary/aromatic N) is 3. The monoisotopic (exact) mass is 234 g/mol. The van der Waals surface area contributed by atoms with E-state index in [9.17, 15) is 5.26 Å². The summed E-state index contributed by atoms with van der Waals surface area (Å²) in [5, 5.41) is 12.7. The van der Waals surface area contributed by atoms with Gasteiger partial charge in [0.1, 0.15) is 5.54 Å². The number of nitriles is 1. The van der Waals surface area contributed by atoms with Crippen LogP contribution in [-0.4, -0.2) is 21.6 Å². The highest BCUT2D eigenvalue weighted by atomic mass is 15.0. The molecule has 0 fully saturated rings. The molecule has 0 aromatic carbocycles. The Hall–Kier alpha value is -1.34. The zero-order valence-corrected chi connectivity index (χ0v) is 10.8. The molecule has 0 bridgehead atoms. The highest BCUT2D eigenvalue weighted by molar-refractivity contribution is 5.06. The van der Waals surface area contributed by atoms with Crippen LogP contribution >= 0.6 is 0 Å². The van der Waals surface area contributed by atoms with Crippen LogP contribution in [0.5, 0.6) is 0 Å². The van der Waals surface area contributed by atoms with E-state index in [1.54, 1.807) is 6.20 Å². The van der Waals surface area contributed by atoms with E-state index < -0.39 is 0 Å². The van der Waals surface area contributed by atoms with Gasteiger partial charge in [-0.15, -0.1) is 0 Å². The molecular formula is C13H22N4. The average Bonchev–Trinajstić information content (AvgIpc) is 2.87. The number of imidazole rings is 1. The van der Waals surface area contributed by atoms with Gasteiger partial charge in [-0.2, -0.15) is 5.26 Å². The largest absolute Gasteiger partial charge is 0.337 e. The number of hydrogen-bond donors (Lipinski definition) is 1. The van der Waals surface area contributed by atoms with Gasteiger partial charge in [-0.25, -0.2) is 4.98 Å². The average molecular weight is 234 g/mol. The standard InChI is InChI=1S/C13H22N4/c1-3-7-16-13(4-2,11-14)6-5-9-17-10-8-15-12-17/h8,10,12,16H,3-7,9H2,1-2H3. The predicted octanol–water partition coefficient (Wildman–Crippen LogP) is 2.34. The van der Waals surface area contributed by atoms with Crippen molar-refractivity contribution in [2.75, 3.05) is 6.54 Å². The third-order valence-corrected chi connectivity index (χ3v) is 3.11. The molecule has 1 N–H and O–H groups in total. The van der Waals surface area contributed by atoms with Crippen LogP contribution in [0.1, 0.15) is 39.5 Å². The lowest BCUT2D eigenvalue weighted by Gasteiger charge is -2.26. The summed E-state index contributed by atoms with van der Waals surface area (Å²) < 4.78 is 2.05. The summed E-state index contributed by atoms with van der Waals surface area (Å²) in [5.41, 5.74) is -0.351. The zero-order valence-electron chi connectivity index (χ0n) is 10.8. The SMILES string of the molecule is CCCNC(C#N)(CC)CCCn1ccnc1. The molecular weight excluding hydrogens is 212 g/mol. The lowest BCUT2D eigenvalue weighted by atomic mass is 9.92. The minimum absolute atomic E-state index is 0.351. The molecule has 1 aromatic rings. The molecule has 0 aliphatic carbocycles. The molecule has 0 saturated heterocycles. The third kappa shape index (κ3) is 4.20. The Morgan fingerprint density at radius 1 is 1.47 bits per heavy atom. The maximum Gasteiger partial charge on any atom is 0.106 e. The summed E-state index contributed by atoms with van der Waals surface area (Å²) in [6, 6.07) is 2.44. The van der Waals surface area contributed by atoms with E-state index in [2.05, 4.69) is 34.8 Å². The number of nitrogens with one attached hydrogen (secondary N) is 1. The Kier molecular flexibility index (Phi) is 5.71. The molecule has 0 radical (unpaired) electrons. The predicted molar refractivity (Wildman–Crippen MR) is 68.4 cm³/mol. The molecule has 17 heavy (non-hydrogen) atoms. The fourth-order valence-corrected chi connectivity index (χ4v) is 1.91. The summed E-state index contributed by atoms with van der Waals surface area (Å²) in [6.45, 7) is 6.03. The zero-order chi connectivity index (χ0) is 12.6. The van der Waals surface area contributed by atoms with E-state index in [0.29, 0.717) is 0 Å². The van der Waals surface area contributed by atoms with E-state index in [4.69, 9.17) is 0 Å². The Labute approximate surface area is 104 Å². The van der Waals surface area contributed by atoms with Crippen molar-refractivity contribution in [2.45, 2.75) is 51.6 Å². The molecule has 1 atom stereocenters. The fourth-order valence-electron chi connectivity index (χ4n) is 1.91. The molecule has 0 spiro atoms. The van der Waals surface area contributed by atoms with E-state index in [-0.39, 0.29) is 5.54 Å². The second kappa shape index (κ2) is 7.08. The summed E-state index contributed by atoms with van der Waals surface area (Å²) in [5.74, 6) is 0. The van der Waals surface area contributed by atoms with Gasteiger partial charge in [-0.05, 0) is 32.2 Å². The molecule has 1 rings (SSSR count). The van der Waals surface area contributed by atoms with Crippen LogP contribution in [-0.2, 0) is 6.54 Å². The number of hydrogen-bond acceptors (Lipinski definition) is 3. The summed E-state index contributed by atoms with van der Waals surface area (Å²) in [7, 11) is 0. The van der Waals surface area contributed by atoms with Crippen LogP contribution in [0.2, 0.25) is 0 Å². The highest BCUT2D eigenvalue weighted by Crippen LogP contribution is 2.17. The first-order valence-corrected chi connectivity index (χ1v) is 6.38. The Bertz CT molecular complexity index is 339. The van der Waals surface area contributed by atoms with Gasteiger partial charge in [-0.1, -0.05) is 13.8 Å². The van der Waals surface area contributed by atoms with Crippen LogP contribution in [0, 0.1) is 11.3 Å². The van der Waals surface area contributed by atoms with Gasteiger partial charge in [0.2, 0.25) is 0 Å². The molecule has 0 amide bonds. The van der Waals surface area contributed by atoms with Crippen LogP contribution < -0.4 is 5.32 Å². The van der Waals surface area contributed by atoms with Gasteiger partial charge in [-0.3, -0.25) is 5.32 Å². The van der Waals surface area contributed by atoms with Crippen molar-refractivity contribution in [1.29, 1.82) is 5.26 Å². The lowest BCUT2D eigenvalue weighted by Crippen LogP contribution is -2.43. The van der Waals surface area contributed by atoms with Crippen LogP contribution in [0.15, 0.2) is 18.7 Å². The second-order valence-corrected chi connectivity index (χ2v) is 4.38. The minimum Gasteiger partial charge on any atom is -0.337 e. The van der Waals surface area contributed by atoms with Gasteiger partial charge in [0, 0.05) is 18.9 Å². The van der Waals surface area contributed by atoms with Crippen molar-refractivity contribution < 1.29 is 0 Å². The second-order valence-electron chi connectivity index (χ2n) is 4.38. The van der Waals surface area contributed by atoms with Crippen molar-refractivity contribution >= 4 is 0 Å². The first-order chi connectivity index (χ1) is 8.26. The summed E-state index contributed by atoms with van der Waals surface area (Å²) in [6.07, 6.45) is 9.36. The Balaban J connectivity index is 2.41. The fraction of sp³-hybridized carbons (Fsp3) is 0.692. The maximum absolute atomic E-state index is 9.33. The van der Waals surface area contributed by atoms with Crippen LogP contribution in [0.3, 0.4) is 0 Å². The number of aryl methyl sites for hydroxylation is 1. The molecule has 0 aliphatic rings. The van der Waals surface area contributed by atoms with Crippen LogP contribution in [0.25, 0.3) is 0 Å². The topological polar surface area (TPSA) is 53.6 Å². The molecule has 1 aromatic heterocycles. The first-order valence-electron chi connectivity index (χ1n) is 6.38. The van der Waals surface area contributed by atoms with Crippen molar-refractivity contribution in [3.8, 4) is 6.07 Å². The highest BCUT2D eigenvalue weighted by Gasteiger charge is 2.25. The Morgan fingerprint density at radius 2 is 2.29 bits per heavy atom. The quantitative estimate of drug-likeness (QED) is 0.751. The molecule has 0 aliphatic heterocycles. The van der Waals surface area contributed by atoms with Crippen molar-refractivity contribution in [2.24, 2.45) is 0 Å². The molecule has 94 valence electrons. The van der Waals surface area contributed by atoms with Crippen LogP contribution in [0.4, 0.5) is 0 Å². The first kappa shape index (κ1) is 13.7. The van der Waals surface area contributed by atoms with E-state index in [1.807, 2.05) is 12.5 Å². The van der Waals surface area contributed by atoms with Crippen molar-refractivity contribution in [3.05, 3.63) is 18.7 Å². The third-order valence-electron chi connectivity index (χ3n) is 3.11. The molecule has 1 unspecified atom stereocenters. The van der Waals surface area contributed by atoms with Crippen molar-refractivity contribution in [3.63, 3.8) is 0 Å². The normalized spacial score (nSPS) is 14.2. The Morgan fingerprint density at radius 3 is 2.82 bits per heavy atom. The molecule has 4 heteroatoms. The van der Waals surface area contributed by atoms with Crippen molar-refractivity contribution in [1.82, 2.24) is 14.9 Å². The lowest BCUT2D eigenvalue weighted by molar-refractivity contribution is 0.355. The maximum atomic E-state index is 9.33. The summed E-state index contributed by atoms with van der Waals surface area (Å²) >= 11 is 0. The smallest absolute Gasteiger partial charge is 0.106 e. The molecule has 0 saturated carbocycles. The minimum atomic E-state index is -0.351. The van der Waals surface area contributed by atoms with E-state index in [0.717, 1.165) is 38.8 Å². The van der Waals surface area contributed by atoms with Gasteiger partial charge in [0.25, 0.3) is 0 Å². The van der Waals surface area contributed by atoms with Gasteiger partial charge >= 0.3 is 0 Å². The van der Waals surface area contributed by atoms with E-state index >= 15 is 0 Å². The number of rotatable bonds is 8. The van der Waals surface area contributed by atoms with Gasteiger partial charge in [0.15, 0.2) is 0 Å². The molecule has 1 heterocycles. The summed E-state index contributed by atoms with van der Waals surface area (Å²) in [4.78, 5) is 4.01. The number of aromatic nitrogens is 2. The van der Waals surface area contributed by atoms with E-state index in [1.165, 1.54) is 0 Å². The molecule has 4 nitrogen and oxygen atoms in total. The van der Waals surface area contributed by atoms with Gasteiger partial charge < -0.3 is 4.57 Å².